The van der Waals surface area contributed by atoms with E-state index in [1.54, 1.807) is 18.2 Å². The van der Waals surface area contributed by atoms with Crippen LogP contribution in [0.3, 0.4) is 0 Å². The first kappa shape index (κ1) is 23.9. The molecule has 3 aromatic rings. The van der Waals surface area contributed by atoms with E-state index in [1.807, 2.05) is 30.7 Å². The number of carbonyl (C=O) groups is 1. The van der Waals surface area contributed by atoms with Gasteiger partial charge in [-0.05, 0) is 48.7 Å². The van der Waals surface area contributed by atoms with E-state index in [9.17, 15) is 4.79 Å². The van der Waals surface area contributed by atoms with Crippen LogP contribution in [0.2, 0.25) is 5.02 Å². The molecule has 0 bridgehead atoms. The van der Waals surface area contributed by atoms with Gasteiger partial charge in [0.25, 0.3) is 0 Å². The monoisotopic (exact) mass is 474 g/mol. The fourth-order valence-electron chi connectivity index (χ4n) is 3.09. The van der Waals surface area contributed by atoms with Gasteiger partial charge in [-0.25, -0.2) is 0 Å². The summed E-state index contributed by atoms with van der Waals surface area (Å²) in [5.74, 6) is 2.42. The molecule has 0 spiro atoms. The predicted octanol–water partition coefficient (Wildman–Crippen LogP) is 5.47. The van der Waals surface area contributed by atoms with Gasteiger partial charge in [0.05, 0.1) is 18.6 Å². The molecular weight excluding hydrogens is 448 g/mol. The van der Waals surface area contributed by atoms with E-state index in [0.29, 0.717) is 33.4 Å². The maximum absolute atomic E-state index is 12.4. The van der Waals surface area contributed by atoms with Gasteiger partial charge >= 0.3 is 0 Å². The molecule has 1 N–H and O–H groups in total. The number of methoxy groups -OCH3 is 1. The highest BCUT2D eigenvalue weighted by Crippen LogP contribution is 2.29. The largest absolute Gasteiger partial charge is 0.495 e. The molecule has 0 saturated carbocycles. The van der Waals surface area contributed by atoms with E-state index in [2.05, 4.69) is 41.5 Å². The van der Waals surface area contributed by atoms with Gasteiger partial charge in [-0.1, -0.05) is 49.3 Å². The molecule has 0 fully saturated rings. The van der Waals surface area contributed by atoms with Crippen LogP contribution >= 0.6 is 23.4 Å². The first-order valence-electron chi connectivity index (χ1n) is 10.2. The third kappa shape index (κ3) is 5.95. The Morgan fingerprint density at radius 2 is 1.88 bits per heavy atom. The third-order valence-corrected chi connectivity index (χ3v) is 6.12. The Hall–Kier alpha value is -2.71. The average Bonchev–Trinajstić information content (AvgIpc) is 3.13. The Bertz CT molecular complexity index is 1070. The summed E-state index contributed by atoms with van der Waals surface area (Å²) in [5, 5.41) is 12.4. The molecule has 170 valence electrons. The fraction of sp³-hybridized carbons (Fsp3) is 0.348. The minimum atomic E-state index is -0.295. The molecule has 0 aliphatic carbocycles. The first-order chi connectivity index (χ1) is 15.3. The van der Waals surface area contributed by atoms with E-state index in [1.165, 1.54) is 24.4 Å². The molecule has 0 saturated heterocycles. The van der Waals surface area contributed by atoms with Crippen LogP contribution in [0.5, 0.6) is 11.5 Å². The summed E-state index contributed by atoms with van der Waals surface area (Å²) in [6.45, 7) is 6.24. The van der Waals surface area contributed by atoms with Crippen molar-refractivity contribution < 1.29 is 14.3 Å². The van der Waals surface area contributed by atoms with Crippen molar-refractivity contribution >= 4 is 35.0 Å². The zero-order valence-electron chi connectivity index (χ0n) is 18.8. The van der Waals surface area contributed by atoms with Gasteiger partial charge in [0.2, 0.25) is 5.91 Å². The molecule has 3 rings (SSSR count). The molecule has 2 aromatic carbocycles. The molecule has 1 heterocycles. The Balaban J connectivity index is 1.59. The number of nitrogens with one attached hydrogen (secondary N) is 1. The molecular formula is C23H27ClN4O3S. The minimum Gasteiger partial charge on any atom is -0.495 e. The zero-order chi connectivity index (χ0) is 23.3. The van der Waals surface area contributed by atoms with Gasteiger partial charge < -0.3 is 19.4 Å². The van der Waals surface area contributed by atoms with Gasteiger partial charge in [-0.3, -0.25) is 4.79 Å². The van der Waals surface area contributed by atoms with Crippen molar-refractivity contribution in [3.63, 3.8) is 0 Å². The molecule has 7 nitrogen and oxygen atoms in total. The SMILES string of the molecule is COc1ccc(Cl)cc1NC(=O)CSc1nnc(C(C)Oc2ccc(C(C)C)cc2)n1C. The Kier molecular flexibility index (Phi) is 8.04. The van der Waals surface area contributed by atoms with Crippen molar-refractivity contribution in [2.75, 3.05) is 18.2 Å². The van der Waals surface area contributed by atoms with E-state index >= 15 is 0 Å². The molecule has 0 radical (unpaired) electrons. The van der Waals surface area contributed by atoms with Crippen LogP contribution in [0.1, 0.15) is 44.2 Å². The number of nitrogens with zero attached hydrogens (tertiary/aromatic N) is 3. The zero-order valence-corrected chi connectivity index (χ0v) is 20.3. The summed E-state index contributed by atoms with van der Waals surface area (Å²) in [5.41, 5.74) is 1.78. The number of rotatable bonds is 9. The lowest BCUT2D eigenvalue weighted by Gasteiger charge is -2.15. The van der Waals surface area contributed by atoms with E-state index in [-0.39, 0.29) is 17.8 Å². The number of aromatic nitrogens is 3. The number of ether oxygens (including phenoxy) is 2. The summed E-state index contributed by atoms with van der Waals surface area (Å²) in [7, 11) is 3.40. The number of hydrogen-bond donors (Lipinski definition) is 1. The van der Waals surface area contributed by atoms with Crippen LogP contribution in [-0.2, 0) is 11.8 Å². The number of anilines is 1. The van der Waals surface area contributed by atoms with Crippen LogP contribution in [0.25, 0.3) is 0 Å². The third-order valence-electron chi connectivity index (χ3n) is 4.86. The second-order valence-corrected chi connectivity index (χ2v) is 8.94. The second-order valence-electron chi connectivity index (χ2n) is 7.57. The van der Waals surface area contributed by atoms with Gasteiger partial charge in [0.1, 0.15) is 11.5 Å². The molecule has 1 aromatic heterocycles. The topological polar surface area (TPSA) is 78.3 Å². The summed E-state index contributed by atoms with van der Waals surface area (Å²) in [6, 6.07) is 13.1. The number of carbonyl (C=O) groups excluding carboxylic acids is 1. The van der Waals surface area contributed by atoms with Crippen molar-refractivity contribution in [3.8, 4) is 11.5 Å². The Morgan fingerprint density at radius 1 is 1.16 bits per heavy atom. The number of thioether (sulfide) groups is 1. The lowest BCUT2D eigenvalue weighted by atomic mass is 10.0. The lowest BCUT2D eigenvalue weighted by molar-refractivity contribution is -0.113. The van der Waals surface area contributed by atoms with Crippen LogP contribution in [0.4, 0.5) is 5.69 Å². The van der Waals surface area contributed by atoms with Crippen LogP contribution < -0.4 is 14.8 Å². The quantitative estimate of drug-likeness (QED) is 0.414. The van der Waals surface area contributed by atoms with Crippen molar-refractivity contribution in [1.29, 1.82) is 0 Å². The standard InChI is InChI=1S/C23H27ClN4O3S/c1-14(2)16-6-9-18(10-7-16)31-15(3)22-26-27-23(28(22)4)32-13-21(29)25-19-12-17(24)8-11-20(19)30-5/h6-12,14-15H,13H2,1-5H3,(H,25,29). The van der Waals surface area contributed by atoms with Crippen molar-refractivity contribution in [1.82, 2.24) is 14.8 Å². The minimum absolute atomic E-state index is 0.160. The second kappa shape index (κ2) is 10.7. The van der Waals surface area contributed by atoms with Gasteiger partial charge in [0.15, 0.2) is 17.1 Å². The predicted molar refractivity (Wildman–Crippen MR) is 128 cm³/mol. The summed E-state index contributed by atoms with van der Waals surface area (Å²) in [6.07, 6.45) is -0.295. The van der Waals surface area contributed by atoms with Gasteiger partial charge in [-0.15, -0.1) is 10.2 Å². The van der Waals surface area contributed by atoms with Crippen LogP contribution in [0.15, 0.2) is 47.6 Å². The smallest absolute Gasteiger partial charge is 0.234 e. The molecule has 0 aliphatic heterocycles. The maximum Gasteiger partial charge on any atom is 0.234 e. The number of hydrogen-bond acceptors (Lipinski definition) is 6. The van der Waals surface area contributed by atoms with Crippen LogP contribution in [0, 0.1) is 0 Å². The van der Waals surface area contributed by atoms with Crippen molar-refractivity contribution in [3.05, 3.63) is 58.9 Å². The fourth-order valence-corrected chi connectivity index (χ4v) is 3.98. The Morgan fingerprint density at radius 3 is 2.53 bits per heavy atom. The van der Waals surface area contributed by atoms with Crippen LogP contribution in [-0.4, -0.2) is 33.5 Å². The average molecular weight is 475 g/mol. The molecule has 1 unspecified atom stereocenters. The summed E-state index contributed by atoms with van der Waals surface area (Å²) >= 11 is 7.31. The van der Waals surface area contributed by atoms with Crippen molar-refractivity contribution in [2.24, 2.45) is 7.05 Å². The molecule has 0 aliphatic rings. The van der Waals surface area contributed by atoms with E-state index in [4.69, 9.17) is 21.1 Å². The Labute approximate surface area is 197 Å². The maximum atomic E-state index is 12.4. The summed E-state index contributed by atoms with van der Waals surface area (Å²) in [4.78, 5) is 12.4. The van der Waals surface area contributed by atoms with E-state index in [0.717, 1.165) is 5.75 Å². The molecule has 9 heteroatoms. The number of amides is 1. The van der Waals surface area contributed by atoms with E-state index < -0.39 is 0 Å². The summed E-state index contributed by atoms with van der Waals surface area (Å²) < 4.78 is 13.1. The highest BCUT2D eigenvalue weighted by Gasteiger charge is 2.18. The highest BCUT2D eigenvalue weighted by molar-refractivity contribution is 7.99. The molecule has 1 amide bonds. The highest BCUT2D eigenvalue weighted by atomic mass is 35.5. The van der Waals surface area contributed by atoms with Gasteiger partial charge in [0, 0.05) is 12.1 Å². The lowest BCUT2D eigenvalue weighted by Crippen LogP contribution is -2.15. The van der Waals surface area contributed by atoms with Gasteiger partial charge in [-0.2, -0.15) is 0 Å². The number of benzene rings is 2. The molecule has 1 atom stereocenters. The molecule has 32 heavy (non-hydrogen) atoms. The first-order valence-corrected chi connectivity index (χ1v) is 11.6. The number of halogens is 1. The normalized spacial score (nSPS) is 12.0. The van der Waals surface area contributed by atoms with Crippen molar-refractivity contribution in [2.45, 2.75) is 37.9 Å².